The summed E-state index contributed by atoms with van der Waals surface area (Å²) >= 11 is 7.89. The van der Waals surface area contributed by atoms with E-state index in [-0.39, 0.29) is 5.56 Å². The number of thioether (sulfide) groups is 1. The van der Waals surface area contributed by atoms with Crippen LogP contribution in [0.2, 0.25) is 5.02 Å². The number of halogens is 1. The van der Waals surface area contributed by atoms with E-state index >= 15 is 0 Å². The molecule has 18 heavy (non-hydrogen) atoms. The minimum Gasteiger partial charge on any atom is -0.283 e. The van der Waals surface area contributed by atoms with Crippen LogP contribution in [0.5, 0.6) is 0 Å². The lowest BCUT2D eigenvalue weighted by molar-refractivity contribution is 0.628. The lowest BCUT2D eigenvalue weighted by Gasteiger charge is -2.09. The molecule has 96 valence electrons. The average Bonchev–Trinajstić information content (AvgIpc) is 2.60. The second kappa shape index (κ2) is 5.67. The Morgan fingerprint density at radius 2 is 1.94 bits per heavy atom. The molecule has 1 aromatic carbocycles. The Hall–Kier alpha value is -1.13. The van der Waals surface area contributed by atoms with Gasteiger partial charge in [0.25, 0.3) is 5.56 Å². The van der Waals surface area contributed by atoms with Crippen molar-refractivity contribution in [1.82, 2.24) is 9.36 Å². The molecule has 0 aliphatic heterocycles. The summed E-state index contributed by atoms with van der Waals surface area (Å²) in [4.78, 5) is 12.2. The Balaban J connectivity index is 2.53. The van der Waals surface area contributed by atoms with Crippen molar-refractivity contribution in [2.24, 2.45) is 7.05 Å². The van der Waals surface area contributed by atoms with Crippen LogP contribution in [-0.4, -0.2) is 15.1 Å². The molecular formula is C13H15ClN2OS. The van der Waals surface area contributed by atoms with Gasteiger partial charge in [0, 0.05) is 12.8 Å². The maximum atomic E-state index is 12.2. The maximum Gasteiger partial charge on any atom is 0.290 e. The maximum absolute atomic E-state index is 12.2. The molecule has 0 bridgehead atoms. The topological polar surface area (TPSA) is 26.9 Å². The largest absolute Gasteiger partial charge is 0.290 e. The highest BCUT2D eigenvalue weighted by Crippen LogP contribution is 2.20. The summed E-state index contributed by atoms with van der Waals surface area (Å²) < 4.78 is 3.44. The highest BCUT2D eigenvalue weighted by molar-refractivity contribution is 7.98. The first-order chi connectivity index (χ1) is 8.66. The van der Waals surface area contributed by atoms with E-state index in [2.05, 4.69) is 6.92 Å². The quantitative estimate of drug-likeness (QED) is 0.862. The Morgan fingerprint density at radius 1 is 1.28 bits per heavy atom. The number of aromatic nitrogens is 2. The van der Waals surface area contributed by atoms with Crippen molar-refractivity contribution in [3.8, 4) is 5.69 Å². The lowest BCUT2D eigenvalue weighted by atomic mass is 10.3. The third-order valence-corrected chi connectivity index (χ3v) is 4.03. The summed E-state index contributed by atoms with van der Waals surface area (Å²) in [5.41, 5.74) is 1.55. The van der Waals surface area contributed by atoms with E-state index in [1.54, 1.807) is 16.4 Å². The second-order valence-electron chi connectivity index (χ2n) is 3.87. The van der Waals surface area contributed by atoms with Gasteiger partial charge in [0.15, 0.2) is 0 Å². The number of hydrogen-bond acceptors (Lipinski definition) is 2. The van der Waals surface area contributed by atoms with Gasteiger partial charge in [-0.15, -0.1) is 0 Å². The highest BCUT2D eigenvalue weighted by atomic mass is 35.5. The van der Waals surface area contributed by atoms with Crippen molar-refractivity contribution in [3.63, 3.8) is 0 Å². The molecule has 0 unspecified atom stereocenters. The molecule has 0 spiro atoms. The minimum atomic E-state index is -0.155. The zero-order chi connectivity index (χ0) is 13.1. The summed E-state index contributed by atoms with van der Waals surface area (Å²) in [6.07, 6.45) is 0. The molecule has 0 aliphatic carbocycles. The predicted molar refractivity (Wildman–Crippen MR) is 77.9 cm³/mol. The first-order valence-corrected chi connectivity index (χ1v) is 7.29. The first-order valence-electron chi connectivity index (χ1n) is 5.76. The van der Waals surface area contributed by atoms with Crippen LogP contribution < -0.4 is 5.56 Å². The van der Waals surface area contributed by atoms with Crippen molar-refractivity contribution in [1.29, 1.82) is 0 Å². The van der Waals surface area contributed by atoms with Gasteiger partial charge in [-0.2, -0.15) is 11.8 Å². The number of benzene rings is 1. The van der Waals surface area contributed by atoms with Gasteiger partial charge in [-0.25, -0.2) is 4.68 Å². The van der Waals surface area contributed by atoms with E-state index in [9.17, 15) is 4.79 Å². The molecule has 0 saturated carbocycles. The molecule has 1 heterocycles. The van der Waals surface area contributed by atoms with Gasteiger partial charge in [-0.1, -0.05) is 36.7 Å². The molecule has 0 atom stereocenters. The smallest absolute Gasteiger partial charge is 0.283 e. The zero-order valence-corrected chi connectivity index (χ0v) is 12.0. The van der Waals surface area contributed by atoms with Crippen LogP contribution >= 0.6 is 23.4 Å². The fourth-order valence-corrected chi connectivity index (χ4v) is 2.91. The molecule has 0 saturated heterocycles. The van der Waals surface area contributed by atoms with E-state index in [4.69, 9.17) is 11.6 Å². The van der Waals surface area contributed by atoms with Crippen LogP contribution in [0.4, 0.5) is 0 Å². The minimum absolute atomic E-state index is 0.155. The van der Waals surface area contributed by atoms with Crippen molar-refractivity contribution in [3.05, 3.63) is 51.4 Å². The van der Waals surface area contributed by atoms with E-state index in [0.717, 1.165) is 22.9 Å². The van der Waals surface area contributed by atoms with Crippen LogP contribution in [-0.2, 0) is 12.8 Å². The summed E-state index contributed by atoms with van der Waals surface area (Å²) in [6, 6.07) is 9.53. The zero-order valence-electron chi connectivity index (χ0n) is 10.4. The number of rotatable bonds is 4. The normalized spacial score (nSPS) is 10.8. The average molecular weight is 283 g/mol. The molecule has 0 amide bonds. The van der Waals surface area contributed by atoms with E-state index in [0.29, 0.717) is 5.02 Å². The van der Waals surface area contributed by atoms with Gasteiger partial charge < -0.3 is 0 Å². The molecule has 0 fully saturated rings. The van der Waals surface area contributed by atoms with Crippen molar-refractivity contribution < 1.29 is 0 Å². The fraction of sp³-hybridized carbons (Fsp3) is 0.308. The number of hydrogen-bond donors (Lipinski definition) is 0. The van der Waals surface area contributed by atoms with Gasteiger partial charge in [0.1, 0.15) is 5.02 Å². The third kappa shape index (κ3) is 2.35. The Kier molecular flexibility index (Phi) is 4.19. The van der Waals surface area contributed by atoms with E-state index < -0.39 is 0 Å². The van der Waals surface area contributed by atoms with Crippen LogP contribution in [0, 0.1) is 0 Å². The van der Waals surface area contributed by atoms with Crippen molar-refractivity contribution >= 4 is 23.4 Å². The summed E-state index contributed by atoms with van der Waals surface area (Å²) in [7, 11) is 1.87. The predicted octanol–water partition coefficient (Wildman–Crippen LogP) is 3.08. The molecule has 0 N–H and O–H groups in total. The van der Waals surface area contributed by atoms with E-state index in [1.807, 2.05) is 42.1 Å². The lowest BCUT2D eigenvalue weighted by Crippen LogP contribution is -2.19. The van der Waals surface area contributed by atoms with Crippen LogP contribution in [0.3, 0.4) is 0 Å². The van der Waals surface area contributed by atoms with Gasteiger partial charge in [-0.3, -0.25) is 9.48 Å². The number of para-hydroxylation sites is 1. The molecule has 0 radical (unpaired) electrons. The van der Waals surface area contributed by atoms with Crippen molar-refractivity contribution in [2.75, 3.05) is 5.75 Å². The van der Waals surface area contributed by atoms with Gasteiger partial charge in [0.2, 0.25) is 0 Å². The molecule has 5 heteroatoms. The molecule has 2 aromatic rings. The Morgan fingerprint density at radius 3 is 2.56 bits per heavy atom. The summed E-state index contributed by atoms with van der Waals surface area (Å²) in [6.45, 7) is 2.09. The molecule has 2 rings (SSSR count). The fourth-order valence-electron chi connectivity index (χ4n) is 1.83. The molecule has 1 aromatic heterocycles. The van der Waals surface area contributed by atoms with Crippen LogP contribution in [0.15, 0.2) is 35.1 Å². The van der Waals surface area contributed by atoms with Gasteiger partial charge in [0.05, 0.1) is 11.4 Å². The highest BCUT2D eigenvalue weighted by Gasteiger charge is 2.16. The Labute approximate surface area is 115 Å². The summed E-state index contributed by atoms with van der Waals surface area (Å²) in [5, 5.41) is 0.322. The monoisotopic (exact) mass is 282 g/mol. The summed E-state index contributed by atoms with van der Waals surface area (Å²) in [5.74, 6) is 1.75. The Bertz CT molecular complexity index is 589. The molecule has 0 aliphatic rings. The van der Waals surface area contributed by atoms with Crippen molar-refractivity contribution in [2.45, 2.75) is 12.7 Å². The molecule has 3 nitrogen and oxygen atoms in total. The van der Waals surface area contributed by atoms with E-state index in [1.165, 1.54) is 0 Å². The second-order valence-corrected chi connectivity index (χ2v) is 5.53. The third-order valence-electron chi connectivity index (χ3n) is 2.77. The number of nitrogens with zero attached hydrogens (tertiary/aromatic N) is 2. The van der Waals surface area contributed by atoms with Crippen LogP contribution in [0.25, 0.3) is 5.69 Å². The standard InChI is InChI=1S/C13H15ClN2OS/c1-3-18-9-11-12(14)13(17)16(15(11)2)10-7-5-4-6-8-10/h4-8H,3,9H2,1-2H3. The SMILES string of the molecule is CCSCc1c(Cl)c(=O)n(-c2ccccc2)n1C. The van der Waals surface area contributed by atoms with Crippen LogP contribution in [0.1, 0.15) is 12.6 Å². The van der Waals surface area contributed by atoms with Gasteiger partial charge >= 0.3 is 0 Å². The first kappa shape index (κ1) is 13.3. The molecular weight excluding hydrogens is 268 g/mol. The van der Waals surface area contributed by atoms with Gasteiger partial charge in [-0.05, 0) is 17.9 Å².